The highest BCUT2D eigenvalue weighted by Gasteiger charge is 2.02. The molecule has 0 N–H and O–H groups in total. The molecule has 0 aliphatic carbocycles. The third kappa shape index (κ3) is 3.00. The lowest BCUT2D eigenvalue weighted by atomic mass is 10.1. The Hall–Kier alpha value is -2.88. The highest BCUT2D eigenvalue weighted by molar-refractivity contribution is 6.06. The molecule has 0 saturated carbocycles. The molecule has 0 amide bonds. The first-order chi connectivity index (χ1) is 10.2. The zero-order valence-corrected chi connectivity index (χ0v) is 11.7. The first kappa shape index (κ1) is 13.1. The van der Waals surface area contributed by atoms with Gasteiger partial charge in [0.1, 0.15) is 0 Å². The topological polar surface area (TPSA) is 39.8 Å². The molecule has 0 bridgehead atoms. The summed E-state index contributed by atoms with van der Waals surface area (Å²) in [6, 6.07) is 13.3. The third-order valence-corrected chi connectivity index (χ3v) is 3.19. The van der Waals surface area contributed by atoms with Crippen LogP contribution in [0.25, 0.3) is 11.8 Å². The van der Waals surface area contributed by atoms with Gasteiger partial charge in [0.25, 0.3) is 0 Å². The molecule has 2 aromatic heterocycles. The Bertz CT molecular complexity index is 765. The van der Waals surface area contributed by atoms with Gasteiger partial charge in [-0.05, 0) is 54.6 Å². The number of hydrogen-bond donors (Lipinski definition) is 0. The molecule has 21 heavy (non-hydrogen) atoms. The predicted molar refractivity (Wildman–Crippen MR) is 82.3 cm³/mol. The maximum Gasteiger partial charge on any atom is 0.185 e. The number of carbonyl (C=O) groups is 1. The van der Waals surface area contributed by atoms with Crippen LogP contribution in [0.15, 0.2) is 67.1 Å². The minimum Gasteiger partial charge on any atom is -0.324 e. The third-order valence-electron chi connectivity index (χ3n) is 3.19. The summed E-state index contributed by atoms with van der Waals surface area (Å²) < 4.78 is 3.70. The second-order valence-electron chi connectivity index (χ2n) is 4.75. The Balaban J connectivity index is 1.74. The van der Waals surface area contributed by atoms with Crippen LogP contribution in [0.5, 0.6) is 0 Å². The molecule has 0 spiro atoms. The summed E-state index contributed by atoms with van der Waals surface area (Å²) in [6.45, 7) is 0. The van der Waals surface area contributed by atoms with Crippen LogP contribution >= 0.6 is 0 Å². The fraction of sp³-hybridized carbons (Fsp3) is 0.0588. The van der Waals surface area contributed by atoms with Crippen molar-refractivity contribution in [1.82, 2.24) is 14.3 Å². The van der Waals surface area contributed by atoms with Crippen molar-refractivity contribution in [3.8, 4) is 5.69 Å². The summed E-state index contributed by atoms with van der Waals surface area (Å²) in [6.07, 6.45) is 9.06. The Morgan fingerprint density at radius 3 is 2.38 bits per heavy atom. The Morgan fingerprint density at radius 1 is 1.05 bits per heavy atom. The Labute approximate surface area is 123 Å². The maximum absolute atomic E-state index is 12.1. The van der Waals surface area contributed by atoms with Crippen LogP contribution in [0.4, 0.5) is 0 Å². The number of hydrogen-bond acceptors (Lipinski definition) is 2. The molecule has 3 rings (SSSR count). The lowest BCUT2D eigenvalue weighted by Crippen LogP contribution is -1.96. The van der Waals surface area contributed by atoms with E-state index in [9.17, 15) is 4.79 Å². The van der Waals surface area contributed by atoms with Gasteiger partial charge in [0.05, 0.1) is 5.69 Å². The molecule has 0 aliphatic rings. The van der Waals surface area contributed by atoms with Crippen LogP contribution in [-0.2, 0) is 7.05 Å². The molecular formula is C17H15N3O. The fourth-order valence-electron chi connectivity index (χ4n) is 2.08. The minimum absolute atomic E-state index is 0.0280. The number of aryl methyl sites for hydroxylation is 1. The van der Waals surface area contributed by atoms with E-state index >= 15 is 0 Å². The fourth-order valence-corrected chi connectivity index (χ4v) is 2.08. The number of aromatic nitrogens is 3. The number of ketones is 1. The van der Waals surface area contributed by atoms with Gasteiger partial charge in [0, 0.05) is 36.9 Å². The Morgan fingerprint density at radius 2 is 1.76 bits per heavy atom. The van der Waals surface area contributed by atoms with Crippen LogP contribution in [-0.4, -0.2) is 20.1 Å². The van der Waals surface area contributed by atoms with Gasteiger partial charge in [-0.25, -0.2) is 0 Å². The highest BCUT2D eigenvalue weighted by atomic mass is 16.1. The minimum atomic E-state index is -0.0280. The van der Waals surface area contributed by atoms with E-state index in [1.165, 1.54) is 0 Å². The molecule has 0 radical (unpaired) electrons. The lowest BCUT2D eigenvalue weighted by molar-refractivity contribution is 0.104. The Kier molecular flexibility index (Phi) is 3.51. The quantitative estimate of drug-likeness (QED) is 0.543. The molecule has 0 saturated heterocycles. The summed E-state index contributed by atoms with van der Waals surface area (Å²) in [5.41, 5.74) is 2.47. The van der Waals surface area contributed by atoms with E-state index in [2.05, 4.69) is 5.10 Å². The van der Waals surface area contributed by atoms with Crippen molar-refractivity contribution in [3.63, 3.8) is 0 Å². The molecule has 0 unspecified atom stereocenters. The standard InChI is InChI=1S/C17H15N3O/c1-19-13-10-15(18-19)6-9-17(21)14-4-7-16(8-5-14)20-11-2-3-12-20/h2-13H,1H3. The van der Waals surface area contributed by atoms with Crippen molar-refractivity contribution < 1.29 is 4.79 Å². The summed E-state index contributed by atoms with van der Waals surface area (Å²) >= 11 is 0. The molecule has 4 heteroatoms. The molecule has 0 aliphatic heterocycles. The normalized spacial score (nSPS) is 11.1. The molecular weight excluding hydrogens is 262 g/mol. The molecule has 3 aromatic rings. The van der Waals surface area contributed by atoms with Gasteiger partial charge < -0.3 is 4.57 Å². The zero-order valence-electron chi connectivity index (χ0n) is 11.7. The van der Waals surface area contributed by atoms with E-state index in [1.54, 1.807) is 16.8 Å². The smallest absolute Gasteiger partial charge is 0.185 e. The van der Waals surface area contributed by atoms with Crippen LogP contribution in [0.3, 0.4) is 0 Å². The van der Waals surface area contributed by atoms with Crippen LogP contribution in [0, 0.1) is 0 Å². The number of allylic oxidation sites excluding steroid dienone is 1. The SMILES string of the molecule is Cn1ccc(C=CC(=O)c2ccc(-n3cccc3)cc2)n1. The van der Waals surface area contributed by atoms with Gasteiger partial charge in [-0.1, -0.05) is 0 Å². The first-order valence-corrected chi connectivity index (χ1v) is 6.68. The average molecular weight is 277 g/mol. The number of benzene rings is 1. The summed E-state index contributed by atoms with van der Waals surface area (Å²) in [4.78, 5) is 12.1. The molecule has 2 heterocycles. The number of nitrogens with zero attached hydrogens (tertiary/aromatic N) is 3. The lowest BCUT2D eigenvalue weighted by Gasteiger charge is -2.03. The summed E-state index contributed by atoms with van der Waals surface area (Å²) in [5, 5.41) is 4.20. The molecule has 0 atom stereocenters. The van der Waals surface area contributed by atoms with Crippen LogP contribution < -0.4 is 0 Å². The first-order valence-electron chi connectivity index (χ1n) is 6.68. The van der Waals surface area contributed by atoms with E-state index < -0.39 is 0 Å². The van der Waals surface area contributed by atoms with E-state index in [4.69, 9.17) is 0 Å². The van der Waals surface area contributed by atoms with E-state index in [1.807, 2.05) is 72.7 Å². The predicted octanol–water partition coefficient (Wildman–Crippen LogP) is 3.11. The summed E-state index contributed by atoms with van der Waals surface area (Å²) in [5.74, 6) is -0.0280. The van der Waals surface area contributed by atoms with Gasteiger partial charge in [-0.3, -0.25) is 9.48 Å². The van der Waals surface area contributed by atoms with Crippen molar-refractivity contribution in [2.75, 3.05) is 0 Å². The molecule has 0 fully saturated rings. The van der Waals surface area contributed by atoms with Crippen molar-refractivity contribution in [2.24, 2.45) is 7.05 Å². The number of rotatable bonds is 4. The van der Waals surface area contributed by atoms with Gasteiger partial charge >= 0.3 is 0 Å². The second kappa shape index (κ2) is 5.63. The largest absolute Gasteiger partial charge is 0.324 e. The average Bonchev–Trinajstić information content (AvgIpc) is 3.16. The van der Waals surface area contributed by atoms with E-state index in [0.29, 0.717) is 5.56 Å². The van der Waals surface area contributed by atoms with Crippen LogP contribution in [0.1, 0.15) is 16.1 Å². The summed E-state index contributed by atoms with van der Waals surface area (Å²) in [7, 11) is 1.85. The van der Waals surface area contributed by atoms with Gasteiger partial charge in [-0.15, -0.1) is 0 Å². The zero-order chi connectivity index (χ0) is 14.7. The molecule has 4 nitrogen and oxygen atoms in total. The van der Waals surface area contributed by atoms with E-state index in [-0.39, 0.29) is 5.78 Å². The molecule has 1 aromatic carbocycles. The maximum atomic E-state index is 12.1. The second-order valence-corrected chi connectivity index (χ2v) is 4.75. The monoisotopic (exact) mass is 277 g/mol. The number of carbonyl (C=O) groups excluding carboxylic acids is 1. The van der Waals surface area contributed by atoms with Gasteiger partial charge in [0.15, 0.2) is 5.78 Å². The van der Waals surface area contributed by atoms with Gasteiger partial charge in [-0.2, -0.15) is 5.10 Å². The van der Waals surface area contributed by atoms with Crippen molar-refractivity contribution in [3.05, 3.63) is 78.4 Å². The van der Waals surface area contributed by atoms with Crippen LogP contribution in [0.2, 0.25) is 0 Å². The highest BCUT2D eigenvalue weighted by Crippen LogP contribution is 2.11. The van der Waals surface area contributed by atoms with Crippen molar-refractivity contribution in [2.45, 2.75) is 0 Å². The molecule has 104 valence electrons. The van der Waals surface area contributed by atoms with Gasteiger partial charge in [0.2, 0.25) is 0 Å². The van der Waals surface area contributed by atoms with Crippen molar-refractivity contribution >= 4 is 11.9 Å². The van der Waals surface area contributed by atoms with E-state index in [0.717, 1.165) is 11.4 Å². The van der Waals surface area contributed by atoms with Crippen molar-refractivity contribution in [1.29, 1.82) is 0 Å².